The molecule has 2 fully saturated rings. The van der Waals surface area contributed by atoms with Crippen LogP contribution in [0.4, 0.5) is 10.5 Å². The van der Waals surface area contributed by atoms with E-state index in [1.165, 1.54) is 0 Å². The van der Waals surface area contributed by atoms with E-state index in [1.54, 1.807) is 12.0 Å². The molecule has 1 unspecified atom stereocenters. The van der Waals surface area contributed by atoms with Crippen LogP contribution in [0.3, 0.4) is 0 Å². The fraction of sp³-hybridized carbons (Fsp3) is 0.444. The Bertz CT molecular complexity index is 1060. The molecule has 2 aliphatic rings. The molecule has 1 saturated heterocycles. The molecule has 1 heterocycles. The Morgan fingerprint density at radius 3 is 2.44 bits per heavy atom. The zero-order chi connectivity index (χ0) is 24.3. The third-order valence-electron chi connectivity index (χ3n) is 7.01. The van der Waals surface area contributed by atoms with Crippen LogP contribution in [0.15, 0.2) is 48.5 Å². The monoisotopic (exact) mass is 463 g/mol. The van der Waals surface area contributed by atoms with Gasteiger partial charge in [-0.15, -0.1) is 0 Å². The number of anilines is 1. The summed E-state index contributed by atoms with van der Waals surface area (Å²) >= 11 is 0. The minimum absolute atomic E-state index is 0.243. The fourth-order valence-electron chi connectivity index (χ4n) is 5.17. The van der Waals surface area contributed by atoms with E-state index >= 15 is 0 Å². The van der Waals surface area contributed by atoms with Gasteiger partial charge in [0.25, 0.3) is 5.91 Å². The number of hydrogen-bond donors (Lipinski definition) is 1. The van der Waals surface area contributed by atoms with Gasteiger partial charge in [0.15, 0.2) is 0 Å². The number of carbonyl (C=O) groups excluding carboxylic acids is 3. The average Bonchev–Trinajstić information content (AvgIpc) is 3.04. The Morgan fingerprint density at radius 1 is 1.09 bits per heavy atom. The third-order valence-corrected chi connectivity index (χ3v) is 7.01. The second-order valence-corrected chi connectivity index (χ2v) is 9.24. The molecule has 4 amide bonds. The van der Waals surface area contributed by atoms with Crippen LogP contribution in [-0.2, 0) is 9.59 Å². The molecule has 2 aromatic carbocycles. The van der Waals surface area contributed by atoms with Crippen molar-refractivity contribution in [3.8, 4) is 5.75 Å². The number of urea groups is 1. The lowest BCUT2D eigenvalue weighted by Crippen LogP contribution is -2.51. The van der Waals surface area contributed by atoms with Crippen LogP contribution in [0.5, 0.6) is 5.75 Å². The van der Waals surface area contributed by atoms with Crippen molar-refractivity contribution in [3.05, 3.63) is 59.7 Å². The zero-order valence-corrected chi connectivity index (χ0v) is 20.2. The van der Waals surface area contributed by atoms with Crippen LogP contribution in [0.1, 0.15) is 62.6 Å². The molecule has 1 N–H and O–H groups in total. The highest BCUT2D eigenvalue weighted by Crippen LogP contribution is 2.43. The summed E-state index contributed by atoms with van der Waals surface area (Å²) in [7, 11) is 1.60. The number of nitrogens with one attached hydrogen (secondary N) is 1. The Morgan fingerprint density at radius 2 is 1.79 bits per heavy atom. The van der Waals surface area contributed by atoms with Gasteiger partial charge in [0.1, 0.15) is 17.8 Å². The van der Waals surface area contributed by atoms with Gasteiger partial charge in [-0.1, -0.05) is 56.0 Å². The van der Waals surface area contributed by atoms with E-state index in [1.807, 2.05) is 62.4 Å². The first kappa shape index (κ1) is 23.8. The molecule has 34 heavy (non-hydrogen) atoms. The van der Waals surface area contributed by atoms with Gasteiger partial charge in [0, 0.05) is 5.69 Å². The molecule has 1 atom stereocenters. The summed E-state index contributed by atoms with van der Waals surface area (Å²) in [6.45, 7) is 3.68. The summed E-state index contributed by atoms with van der Waals surface area (Å²) in [5, 5.41) is 3.00. The first-order valence-electron chi connectivity index (χ1n) is 12.1. The molecule has 0 radical (unpaired) electrons. The van der Waals surface area contributed by atoms with Crippen LogP contribution in [0.2, 0.25) is 0 Å². The molecule has 2 aromatic rings. The van der Waals surface area contributed by atoms with Gasteiger partial charge in [-0.25, -0.2) is 4.79 Å². The summed E-state index contributed by atoms with van der Waals surface area (Å²) in [4.78, 5) is 43.0. The highest BCUT2D eigenvalue weighted by molar-refractivity contribution is 6.18. The first-order chi connectivity index (χ1) is 16.4. The Hall–Kier alpha value is -3.35. The fourth-order valence-corrected chi connectivity index (χ4v) is 5.17. The normalized spacial score (nSPS) is 18.3. The van der Waals surface area contributed by atoms with E-state index in [0.717, 1.165) is 35.3 Å². The highest BCUT2D eigenvalue weighted by Gasteiger charge is 2.58. The van der Waals surface area contributed by atoms with Crippen LogP contribution in [0.25, 0.3) is 0 Å². The molecule has 0 bridgehead atoms. The van der Waals surface area contributed by atoms with Gasteiger partial charge >= 0.3 is 6.03 Å². The summed E-state index contributed by atoms with van der Waals surface area (Å²) in [5.41, 5.74) is 1.80. The number of ether oxygens (including phenoxy) is 1. The average molecular weight is 464 g/mol. The Kier molecular flexibility index (Phi) is 6.91. The van der Waals surface area contributed by atoms with E-state index < -0.39 is 11.6 Å². The SMILES string of the molecule is CCC(NC(=O)CN1C(=O)N(c2ccc(C)cc2)C2(CCCCC2)C1=O)c1cccc(OC)c1. The number of rotatable bonds is 7. The smallest absolute Gasteiger partial charge is 0.332 e. The molecular weight excluding hydrogens is 430 g/mol. The minimum Gasteiger partial charge on any atom is -0.497 e. The lowest BCUT2D eigenvalue weighted by molar-refractivity contribution is -0.135. The number of carbonyl (C=O) groups is 3. The van der Waals surface area contributed by atoms with E-state index in [2.05, 4.69) is 5.32 Å². The van der Waals surface area contributed by atoms with Crippen molar-refractivity contribution in [2.75, 3.05) is 18.6 Å². The van der Waals surface area contributed by atoms with Crippen LogP contribution >= 0.6 is 0 Å². The number of imide groups is 1. The van der Waals surface area contributed by atoms with E-state index in [4.69, 9.17) is 4.74 Å². The molecule has 1 spiro atoms. The van der Waals surface area contributed by atoms with Gasteiger partial charge < -0.3 is 10.1 Å². The number of amides is 4. The van der Waals surface area contributed by atoms with Crippen molar-refractivity contribution in [1.82, 2.24) is 10.2 Å². The summed E-state index contributed by atoms with van der Waals surface area (Å²) in [5.74, 6) is 0.0958. The largest absolute Gasteiger partial charge is 0.497 e. The Labute approximate surface area is 201 Å². The molecule has 4 rings (SSSR count). The number of aryl methyl sites for hydroxylation is 1. The Balaban J connectivity index is 1.56. The number of nitrogens with zero attached hydrogens (tertiary/aromatic N) is 2. The molecule has 7 nitrogen and oxygen atoms in total. The molecule has 7 heteroatoms. The van der Waals surface area contributed by atoms with Gasteiger partial charge in [0.2, 0.25) is 5.91 Å². The summed E-state index contributed by atoms with van der Waals surface area (Å²) in [6, 6.07) is 14.5. The van der Waals surface area contributed by atoms with Crippen molar-refractivity contribution in [2.45, 2.75) is 64.0 Å². The van der Waals surface area contributed by atoms with Gasteiger partial charge in [-0.2, -0.15) is 0 Å². The number of benzene rings is 2. The second-order valence-electron chi connectivity index (χ2n) is 9.24. The van der Waals surface area contributed by atoms with Crippen molar-refractivity contribution in [1.29, 1.82) is 0 Å². The summed E-state index contributed by atoms with van der Waals surface area (Å²) < 4.78 is 5.30. The standard InChI is InChI=1S/C27H33N3O4/c1-4-23(20-9-8-10-22(17-20)34-3)28-24(31)18-29-25(32)27(15-6-5-7-16-27)30(26(29)33)21-13-11-19(2)12-14-21/h8-14,17,23H,4-7,15-16,18H2,1-3H3,(H,28,31). The van der Waals surface area contributed by atoms with E-state index in [9.17, 15) is 14.4 Å². The van der Waals surface area contributed by atoms with Crippen molar-refractivity contribution >= 4 is 23.5 Å². The highest BCUT2D eigenvalue weighted by atomic mass is 16.5. The lowest BCUT2D eigenvalue weighted by atomic mass is 9.80. The maximum absolute atomic E-state index is 13.7. The molecular formula is C27H33N3O4. The maximum atomic E-state index is 13.7. The first-order valence-corrected chi connectivity index (χ1v) is 12.1. The molecule has 0 aromatic heterocycles. The number of hydrogen-bond acceptors (Lipinski definition) is 4. The molecule has 1 aliphatic carbocycles. The van der Waals surface area contributed by atoms with Crippen molar-refractivity contribution < 1.29 is 19.1 Å². The van der Waals surface area contributed by atoms with Gasteiger partial charge in [0.05, 0.1) is 13.2 Å². The molecule has 180 valence electrons. The van der Waals surface area contributed by atoms with Gasteiger partial charge in [-0.3, -0.25) is 19.4 Å². The maximum Gasteiger partial charge on any atom is 0.332 e. The lowest BCUT2D eigenvalue weighted by Gasteiger charge is -2.38. The van der Waals surface area contributed by atoms with E-state index in [-0.39, 0.29) is 24.4 Å². The van der Waals surface area contributed by atoms with Crippen molar-refractivity contribution in [3.63, 3.8) is 0 Å². The van der Waals surface area contributed by atoms with Crippen LogP contribution < -0.4 is 15.0 Å². The minimum atomic E-state index is -0.901. The van der Waals surface area contributed by atoms with Crippen LogP contribution in [0, 0.1) is 6.92 Å². The van der Waals surface area contributed by atoms with Crippen LogP contribution in [-0.4, -0.2) is 41.9 Å². The van der Waals surface area contributed by atoms with E-state index in [0.29, 0.717) is 30.7 Å². The zero-order valence-electron chi connectivity index (χ0n) is 20.2. The number of methoxy groups -OCH3 is 1. The predicted octanol–water partition coefficient (Wildman–Crippen LogP) is 4.74. The topological polar surface area (TPSA) is 79.0 Å². The predicted molar refractivity (Wildman–Crippen MR) is 131 cm³/mol. The third kappa shape index (κ3) is 4.39. The summed E-state index contributed by atoms with van der Waals surface area (Å²) in [6.07, 6.45) is 4.71. The van der Waals surface area contributed by atoms with Crippen molar-refractivity contribution in [2.24, 2.45) is 0 Å². The molecule has 1 saturated carbocycles. The van der Waals surface area contributed by atoms with Gasteiger partial charge in [-0.05, 0) is 56.0 Å². The quantitative estimate of drug-likeness (QED) is 0.602. The second kappa shape index (κ2) is 9.87. The molecule has 1 aliphatic heterocycles.